The Morgan fingerprint density at radius 1 is 1.10 bits per heavy atom. The number of nitrogens with one attached hydrogen (secondary N) is 1. The minimum atomic E-state index is -0.379. The van der Waals surface area contributed by atoms with E-state index in [0.29, 0.717) is 37.6 Å². The molecule has 2 aromatic carbocycles. The lowest BCUT2D eigenvalue weighted by Gasteiger charge is -2.25. The summed E-state index contributed by atoms with van der Waals surface area (Å²) < 4.78 is 11.3. The molecule has 1 fully saturated rings. The summed E-state index contributed by atoms with van der Waals surface area (Å²) in [6, 6.07) is 15.2. The Labute approximate surface area is 178 Å². The highest BCUT2D eigenvalue weighted by atomic mass is 16.5. The van der Waals surface area contributed by atoms with Crippen molar-refractivity contribution in [2.45, 2.75) is 45.9 Å². The third kappa shape index (κ3) is 5.32. The van der Waals surface area contributed by atoms with Crippen molar-refractivity contribution in [2.75, 3.05) is 13.7 Å². The minimum Gasteiger partial charge on any atom is -0.493 e. The minimum absolute atomic E-state index is 0.0363. The van der Waals surface area contributed by atoms with Crippen LogP contribution in [-0.4, -0.2) is 36.4 Å². The molecule has 6 heteroatoms. The van der Waals surface area contributed by atoms with Crippen LogP contribution in [-0.2, 0) is 22.7 Å². The molecule has 3 rings (SSSR count). The van der Waals surface area contributed by atoms with Crippen LogP contribution >= 0.6 is 0 Å². The first-order valence-corrected chi connectivity index (χ1v) is 10.4. The lowest BCUT2D eigenvalue weighted by molar-refractivity contribution is -0.140. The summed E-state index contributed by atoms with van der Waals surface area (Å²) in [4.78, 5) is 26.7. The number of hydrogen-bond acceptors (Lipinski definition) is 4. The number of rotatable bonds is 8. The molecule has 160 valence electrons. The first-order chi connectivity index (χ1) is 14.5. The second kappa shape index (κ2) is 10.1. The van der Waals surface area contributed by atoms with Gasteiger partial charge < -0.3 is 19.7 Å². The topological polar surface area (TPSA) is 67.9 Å². The van der Waals surface area contributed by atoms with Gasteiger partial charge in [0.15, 0.2) is 11.5 Å². The molecule has 2 aromatic rings. The average Bonchev–Trinajstić information content (AvgIpc) is 3.26. The normalized spacial score (nSPS) is 15.9. The standard InChI is InChI=1S/C24H30N2O4/c1-17(2)24(28)26-13-7-10-20(26)23(27)25-15-19-11-12-21(22(14-19)29-3)30-16-18-8-5-4-6-9-18/h4-6,8-9,11-12,14,17,20H,7,10,13,15-16H2,1-3H3,(H,25,27). The van der Waals surface area contributed by atoms with Crippen molar-refractivity contribution >= 4 is 11.8 Å². The van der Waals surface area contributed by atoms with Gasteiger partial charge in [-0.3, -0.25) is 9.59 Å². The number of carbonyl (C=O) groups excluding carboxylic acids is 2. The second-order valence-electron chi connectivity index (χ2n) is 7.82. The van der Waals surface area contributed by atoms with Crippen molar-refractivity contribution in [2.24, 2.45) is 5.92 Å². The largest absolute Gasteiger partial charge is 0.493 e. The van der Waals surface area contributed by atoms with E-state index in [1.807, 2.05) is 62.4 Å². The SMILES string of the molecule is COc1cc(CNC(=O)C2CCCN2C(=O)C(C)C)ccc1OCc1ccccc1. The fourth-order valence-electron chi connectivity index (χ4n) is 3.62. The van der Waals surface area contributed by atoms with Gasteiger partial charge in [-0.15, -0.1) is 0 Å². The summed E-state index contributed by atoms with van der Waals surface area (Å²) >= 11 is 0. The number of carbonyl (C=O) groups is 2. The van der Waals surface area contributed by atoms with E-state index < -0.39 is 0 Å². The number of ether oxygens (including phenoxy) is 2. The molecule has 6 nitrogen and oxygen atoms in total. The Kier molecular flexibility index (Phi) is 7.33. The third-order valence-electron chi connectivity index (χ3n) is 5.26. The van der Waals surface area contributed by atoms with Crippen LogP contribution in [0.15, 0.2) is 48.5 Å². The van der Waals surface area contributed by atoms with Crippen molar-refractivity contribution < 1.29 is 19.1 Å². The molecular weight excluding hydrogens is 380 g/mol. The van der Waals surface area contributed by atoms with E-state index in [1.165, 1.54) is 0 Å². The number of methoxy groups -OCH3 is 1. The predicted octanol–water partition coefficient (Wildman–Crippen LogP) is 3.54. The van der Waals surface area contributed by atoms with Gasteiger partial charge in [0.2, 0.25) is 11.8 Å². The van der Waals surface area contributed by atoms with Gasteiger partial charge in [-0.05, 0) is 36.1 Å². The van der Waals surface area contributed by atoms with Gasteiger partial charge in [-0.1, -0.05) is 50.2 Å². The Morgan fingerprint density at radius 3 is 2.57 bits per heavy atom. The summed E-state index contributed by atoms with van der Waals surface area (Å²) in [6.07, 6.45) is 1.57. The van der Waals surface area contributed by atoms with Crippen LogP contribution in [0.2, 0.25) is 0 Å². The third-order valence-corrected chi connectivity index (χ3v) is 5.26. The van der Waals surface area contributed by atoms with Gasteiger partial charge in [0, 0.05) is 19.0 Å². The molecule has 1 N–H and O–H groups in total. The van der Waals surface area contributed by atoms with Crippen LogP contribution in [0.4, 0.5) is 0 Å². The zero-order chi connectivity index (χ0) is 21.5. The molecular formula is C24H30N2O4. The van der Waals surface area contributed by atoms with E-state index in [-0.39, 0.29) is 23.8 Å². The summed E-state index contributed by atoms with van der Waals surface area (Å²) in [5.41, 5.74) is 1.99. The van der Waals surface area contributed by atoms with Crippen molar-refractivity contribution in [1.82, 2.24) is 10.2 Å². The van der Waals surface area contributed by atoms with E-state index in [1.54, 1.807) is 12.0 Å². The molecule has 1 aliphatic rings. The quantitative estimate of drug-likeness (QED) is 0.723. The molecule has 0 aliphatic carbocycles. The number of amides is 2. The Morgan fingerprint density at radius 2 is 1.87 bits per heavy atom. The van der Waals surface area contributed by atoms with E-state index in [9.17, 15) is 9.59 Å². The van der Waals surface area contributed by atoms with Crippen LogP contribution in [0.25, 0.3) is 0 Å². The van der Waals surface area contributed by atoms with Gasteiger partial charge in [0.05, 0.1) is 7.11 Å². The van der Waals surface area contributed by atoms with E-state index in [2.05, 4.69) is 5.32 Å². The molecule has 0 radical (unpaired) electrons. The maximum absolute atomic E-state index is 12.7. The van der Waals surface area contributed by atoms with E-state index >= 15 is 0 Å². The maximum atomic E-state index is 12.7. The molecule has 0 bridgehead atoms. The lowest BCUT2D eigenvalue weighted by Crippen LogP contribution is -2.47. The van der Waals surface area contributed by atoms with Crippen molar-refractivity contribution in [3.05, 3.63) is 59.7 Å². The Balaban J connectivity index is 1.58. The average molecular weight is 411 g/mol. The number of benzene rings is 2. The lowest BCUT2D eigenvalue weighted by atomic mass is 10.1. The van der Waals surface area contributed by atoms with Gasteiger partial charge >= 0.3 is 0 Å². The van der Waals surface area contributed by atoms with Crippen LogP contribution in [0, 0.1) is 5.92 Å². The number of hydrogen-bond donors (Lipinski definition) is 1. The molecule has 1 heterocycles. The predicted molar refractivity (Wildman–Crippen MR) is 115 cm³/mol. The van der Waals surface area contributed by atoms with Crippen LogP contribution in [0.3, 0.4) is 0 Å². The van der Waals surface area contributed by atoms with Crippen LogP contribution < -0.4 is 14.8 Å². The summed E-state index contributed by atoms with van der Waals surface area (Å²) in [7, 11) is 1.60. The van der Waals surface area contributed by atoms with E-state index in [4.69, 9.17) is 9.47 Å². The zero-order valence-corrected chi connectivity index (χ0v) is 17.9. The summed E-state index contributed by atoms with van der Waals surface area (Å²) in [6.45, 7) is 5.20. The highest BCUT2D eigenvalue weighted by molar-refractivity contribution is 5.88. The molecule has 30 heavy (non-hydrogen) atoms. The van der Waals surface area contributed by atoms with Crippen molar-refractivity contribution in [1.29, 1.82) is 0 Å². The highest BCUT2D eigenvalue weighted by Crippen LogP contribution is 2.29. The number of nitrogens with zero attached hydrogens (tertiary/aromatic N) is 1. The molecule has 0 spiro atoms. The number of likely N-dealkylation sites (tertiary alicyclic amines) is 1. The van der Waals surface area contributed by atoms with E-state index in [0.717, 1.165) is 17.5 Å². The van der Waals surface area contributed by atoms with Gasteiger partial charge in [-0.25, -0.2) is 0 Å². The molecule has 1 saturated heterocycles. The highest BCUT2D eigenvalue weighted by Gasteiger charge is 2.34. The smallest absolute Gasteiger partial charge is 0.243 e. The van der Waals surface area contributed by atoms with Crippen LogP contribution in [0.1, 0.15) is 37.8 Å². The Bertz CT molecular complexity index is 867. The zero-order valence-electron chi connectivity index (χ0n) is 17.9. The fraction of sp³-hybridized carbons (Fsp3) is 0.417. The molecule has 1 unspecified atom stereocenters. The van der Waals surface area contributed by atoms with Gasteiger partial charge in [0.25, 0.3) is 0 Å². The summed E-state index contributed by atoms with van der Waals surface area (Å²) in [5.74, 6) is 1.10. The molecule has 1 atom stereocenters. The second-order valence-corrected chi connectivity index (χ2v) is 7.82. The van der Waals surface area contributed by atoms with Crippen molar-refractivity contribution in [3.8, 4) is 11.5 Å². The molecule has 0 aromatic heterocycles. The fourth-order valence-corrected chi connectivity index (χ4v) is 3.62. The Hall–Kier alpha value is -3.02. The van der Waals surface area contributed by atoms with Gasteiger partial charge in [0.1, 0.15) is 12.6 Å². The monoisotopic (exact) mass is 410 g/mol. The molecule has 1 aliphatic heterocycles. The van der Waals surface area contributed by atoms with Crippen LogP contribution in [0.5, 0.6) is 11.5 Å². The maximum Gasteiger partial charge on any atom is 0.243 e. The summed E-state index contributed by atoms with van der Waals surface area (Å²) in [5, 5.41) is 2.96. The first kappa shape index (κ1) is 21.7. The van der Waals surface area contributed by atoms with Gasteiger partial charge in [-0.2, -0.15) is 0 Å². The van der Waals surface area contributed by atoms with Crippen molar-refractivity contribution in [3.63, 3.8) is 0 Å². The molecule has 0 saturated carbocycles. The first-order valence-electron chi connectivity index (χ1n) is 10.4. The molecule has 2 amide bonds.